The molecular weight excluding hydrogens is 318 g/mol. The normalized spacial score (nSPS) is 11.0. The minimum absolute atomic E-state index is 0.200. The first kappa shape index (κ1) is 14.9. The Kier molecular flexibility index (Phi) is 3.84. The van der Waals surface area contributed by atoms with Crippen molar-refractivity contribution in [3.8, 4) is 0 Å². The van der Waals surface area contributed by atoms with Crippen molar-refractivity contribution in [1.29, 1.82) is 0 Å². The third-order valence-electron chi connectivity index (χ3n) is 3.50. The monoisotopic (exact) mass is 333 g/mol. The van der Waals surface area contributed by atoms with Crippen LogP contribution in [0, 0.1) is 20.8 Å². The average Bonchev–Trinajstić information content (AvgIpc) is 3.04. The molecule has 3 aromatic heterocycles. The van der Waals surface area contributed by atoms with Gasteiger partial charge in [-0.25, -0.2) is 4.98 Å². The molecule has 3 heterocycles. The van der Waals surface area contributed by atoms with E-state index in [2.05, 4.69) is 10.3 Å². The summed E-state index contributed by atoms with van der Waals surface area (Å²) < 4.78 is 1.56. The van der Waals surface area contributed by atoms with Gasteiger partial charge in [0, 0.05) is 15.4 Å². The van der Waals surface area contributed by atoms with E-state index in [1.165, 1.54) is 22.7 Å². The summed E-state index contributed by atoms with van der Waals surface area (Å²) in [6.07, 6.45) is 0.265. The van der Waals surface area contributed by atoms with Gasteiger partial charge >= 0.3 is 0 Å². The second-order valence-corrected chi connectivity index (χ2v) is 7.26. The van der Waals surface area contributed by atoms with Crippen molar-refractivity contribution in [2.45, 2.75) is 27.2 Å². The fourth-order valence-corrected chi connectivity index (χ4v) is 3.94. The maximum absolute atomic E-state index is 12.6. The van der Waals surface area contributed by atoms with E-state index in [1.54, 1.807) is 11.3 Å². The number of rotatable bonds is 3. The zero-order valence-electron chi connectivity index (χ0n) is 12.5. The van der Waals surface area contributed by atoms with Gasteiger partial charge in [0.25, 0.3) is 5.56 Å². The average molecular weight is 333 g/mol. The Bertz CT molecular complexity index is 907. The Morgan fingerprint density at radius 3 is 2.82 bits per heavy atom. The molecule has 0 saturated heterocycles. The van der Waals surface area contributed by atoms with Gasteiger partial charge in [0.2, 0.25) is 5.91 Å². The first-order chi connectivity index (χ1) is 10.5. The molecule has 0 spiro atoms. The van der Waals surface area contributed by atoms with Crippen LogP contribution in [0.3, 0.4) is 0 Å². The van der Waals surface area contributed by atoms with Crippen LogP contribution < -0.4 is 10.9 Å². The zero-order chi connectivity index (χ0) is 15.9. The highest BCUT2D eigenvalue weighted by atomic mass is 32.1. The van der Waals surface area contributed by atoms with E-state index in [1.807, 2.05) is 31.4 Å². The van der Waals surface area contributed by atoms with Gasteiger partial charge in [-0.3, -0.25) is 14.0 Å². The van der Waals surface area contributed by atoms with Crippen LogP contribution in [0.5, 0.6) is 0 Å². The van der Waals surface area contributed by atoms with E-state index in [0.717, 1.165) is 15.4 Å². The predicted molar refractivity (Wildman–Crippen MR) is 90.2 cm³/mol. The summed E-state index contributed by atoms with van der Waals surface area (Å²) in [4.78, 5) is 31.9. The van der Waals surface area contributed by atoms with Gasteiger partial charge in [-0.2, -0.15) is 0 Å². The van der Waals surface area contributed by atoms with Crippen LogP contribution in [0.25, 0.3) is 4.96 Å². The van der Waals surface area contributed by atoms with E-state index >= 15 is 0 Å². The van der Waals surface area contributed by atoms with Crippen LogP contribution in [0.15, 0.2) is 22.3 Å². The van der Waals surface area contributed by atoms with Crippen LogP contribution in [0.1, 0.15) is 21.1 Å². The number of nitrogens with one attached hydrogen (secondary N) is 1. The van der Waals surface area contributed by atoms with Gasteiger partial charge in [-0.15, -0.1) is 22.7 Å². The van der Waals surface area contributed by atoms with Gasteiger partial charge in [-0.05, 0) is 32.2 Å². The summed E-state index contributed by atoms with van der Waals surface area (Å²) in [5.41, 5.74) is 1.46. The summed E-state index contributed by atoms with van der Waals surface area (Å²) >= 11 is 3.00. The van der Waals surface area contributed by atoms with E-state index < -0.39 is 0 Å². The van der Waals surface area contributed by atoms with Crippen LogP contribution >= 0.6 is 22.7 Å². The fraction of sp³-hybridized carbons (Fsp3) is 0.267. The molecule has 0 aliphatic heterocycles. The molecule has 0 aliphatic carbocycles. The lowest BCUT2D eigenvalue weighted by Gasteiger charge is -2.07. The summed E-state index contributed by atoms with van der Waals surface area (Å²) in [7, 11) is 0. The second kappa shape index (κ2) is 5.66. The maximum atomic E-state index is 12.6. The molecule has 0 radical (unpaired) electrons. The van der Waals surface area contributed by atoms with Crippen molar-refractivity contribution in [2.75, 3.05) is 5.32 Å². The van der Waals surface area contributed by atoms with Crippen molar-refractivity contribution in [3.05, 3.63) is 49.0 Å². The van der Waals surface area contributed by atoms with E-state index in [0.29, 0.717) is 10.7 Å². The fourth-order valence-electron chi connectivity index (χ4n) is 2.23. The number of carbonyl (C=O) groups is 1. The number of hydrogen-bond acceptors (Lipinski definition) is 5. The molecule has 3 aromatic rings. The summed E-state index contributed by atoms with van der Waals surface area (Å²) in [5, 5.41) is 4.65. The molecule has 0 saturated carbocycles. The lowest BCUT2D eigenvalue weighted by molar-refractivity contribution is -0.115. The lowest BCUT2D eigenvalue weighted by Crippen LogP contribution is -2.25. The standard InChI is InChI=1S/C15H15N3O2S2/c1-8-13(17-12(19)7-11-5-4-6-21-11)14(20)18-9(2)10(3)22-15(18)16-8/h4-6H,7H2,1-3H3,(H,17,19). The molecule has 0 unspecified atom stereocenters. The van der Waals surface area contributed by atoms with Crippen molar-refractivity contribution in [3.63, 3.8) is 0 Å². The molecule has 0 bridgehead atoms. The van der Waals surface area contributed by atoms with Crippen LogP contribution in [-0.2, 0) is 11.2 Å². The number of thiophene rings is 1. The van der Waals surface area contributed by atoms with Crippen molar-refractivity contribution < 1.29 is 4.79 Å². The molecule has 22 heavy (non-hydrogen) atoms. The Hall–Kier alpha value is -1.99. The molecule has 1 N–H and O–H groups in total. The Labute approximate surface area is 135 Å². The molecule has 114 valence electrons. The first-order valence-electron chi connectivity index (χ1n) is 6.79. The number of amides is 1. The number of hydrogen-bond donors (Lipinski definition) is 1. The van der Waals surface area contributed by atoms with Crippen LogP contribution in [0.2, 0.25) is 0 Å². The second-order valence-electron chi connectivity index (χ2n) is 5.04. The van der Waals surface area contributed by atoms with E-state index in [9.17, 15) is 9.59 Å². The van der Waals surface area contributed by atoms with Crippen molar-refractivity contribution in [2.24, 2.45) is 0 Å². The molecule has 0 aliphatic rings. The third kappa shape index (κ3) is 2.57. The van der Waals surface area contributed by atoms with E-state index in [-0.39, 0.29) is 23.6 Å². The van der Waals surface area contributed by atoms with Gasteiger partial charge in [-0.1, -0.05) is 6.07 Å². The molecular formula is C15H15N3O2S2. The number of thiazole rings is 1. The summed E-state index contributed by atoms with van der Waals surface area (Å²) in [6.45, 7) is 5.58. The highest BCUT2D eigenvalue weighted by molar-refractivity contribution is 7.17. The van der Waals surface area contributed by atoms with Crippen LogP contribution in [0.4, 0.5) is 5.69 Å². The highest BCUT2D eigenvalue weighted by Crippen LogP contribution is 2.21. The number of carbonyl (C=O) groups excluding carboxylic acids is 1. The minimum Gasteiger partial charge on any atom is -0.320 e. The lowest BCUT2D eigenvalue weighted by atomic mass is 10.3. The molecule has 0 aromatic carbocycles. The SMILES string of the molecule is Cc1nc2sc(C)c(C)n2c(=O)c1NC(=O)Cc1cccs1. The highest BCUT2D eigenvalue weighted by Gasteiger charge is 2.16. The Balaban J connectivity index is 1.98. The smallest absolute Gasteiger partial charge is 0.282 e. The number of anilines is 1. The molecule has 7 heteroatoms. The third-order valence-corrected chi connectivity index (χ3v) is 5.44. The minimum atomic E-state index is -0.219. The first-order valence-corrected chi connectivity index (χ1v) is 8.48. The van der Waals surface area contributed by atoms with Gasteiger partial charge in [0.1, 0.15) is 5.69 Å². The quantitative estimate of drug-likeness (QED) is 0.801. The molecule has 0 atom stereocenters. The predicted octanol–water partition coefficient (Wildman–Crippen LogP) is 2.92. The largest absolute Gasteiger partial charge is 0.320 e. The molecule has 3 rings (SSSR count). The van der Waals surface area contributed by atoms with Gasteiger partial charge in [0.05, 0.1) is 12.1 Å². The Morgan fingerprint density at radius 2 is 2.14 bits per heavy atom. The number of fused-ring (bicyclic) bond motifs is 1. The van der Waals surface area contributed by atoms with E-state index in [4.69, 9.17) is 0 Å². The topological polar surface area (TPSA) is 63.5 Å². The summed E-state index contributed by atoms with van der Waals surface area (Å²) in [5.74, 6) is -0.200. The zero-order valence-corrected chi connectivity index (χ0v) is 14.1. The van der Waals surface area contributed by atoms with Crippen molar-refractivity contribution >= 4 is 39.2 Å². The molecule has 5 nitrogen and oxygen atoms in total. The maximum Gasteiger partial charge on any atom is 0.282 e. The summed E-state index contributed by atoms with van der Waals surface area (Å²) in [6, 6.07) is 3.80. The number of aromatic nitrogens is 2. The van der Waals surface area contributed by atoms with Crippen molar-refractivity contribution in [1.82, 2.24) is 9.38 Å². The molecule has 0 fully saturated rings. The van der Waals surface area contributed by atoms with Gasteiger partial charge < -0.3 is 5.32 Å². The van der Waals surface area contributed by atoms with Gasteiger partial charge in [0.15, 0.2) is 4.96 Å². The molecule has 1 amide bonds. The number of aryl methyl sites for hydroxylation is 3. The van der Waals surface area contributed by atoms with Crippen LogP contribution in [-0.4, -0.2) is 15.3 Å². The Morgan fingerprint density at radius 1 is 1.36 bits per heavy atom. The number of nitrogens with zero attached hydrogens (tertiary/aromatic N) is 2.